The predicted octanol–water partition coefficient (Wildman–Crippen LogP) is 4.22. The standard InChI is InChI=1S/C18H17F7N2O2S.C5H6N2O/c1-11(26-16(18(23,24)25)12-5-7-13(19)8-6-12)9-30(28,29)10-14-3-2-4-15(27-14)17(20,21)22;6-3-5(1-2-5)7-4-8/h2-8,11,16,26H,9-10H2,1H3;4H,1-2H2,(H,7,8). The molecule has 1 aromatic heterocycles. The summed E-state index contributed by atoms with van der Waals surface area (Å²) in [6.07, 6.45) is -7.36. The van der Waals surface area contributed by atoms with E-state index in [0.29, 0.717) is 12.5 Å². The van der Waals surface area contributed by atoms with Gasteiger partial charge in [0.15, 0.2) is 9.84 Å². The van der Waals surface area contributed by atoms with Crippen LogP contribution in [0.3, 0.4) is 0 Å². The Morgan fingerprint density at radius 2 is 1.71 bits per heavy atom. The van der Waals surface area contributed by atoms with E-state index < -0.39 is 62.8 Å². The van der Waals surface area contributed by atoms with Gasteiger partial charge in [-0.1, -0.05) is 18.2 Å². The molecule has 1 amide bonds. The molecule has 1 saturated carbocycles. The highest BCUT2D eigenvalue weighted by atomic mass is 32.2. The van der Waals surface area contributed by atoms with Gasteiger partial charge in [0.05, 0.1) is 23.3 Å². The number of nitrogens with one attached hydrogen (secondary N) is 2. The number of hydrogen-bond donors (Lipinski definition) is 2. The lowest BCUT2D eigenvalue weighted by Crippen LogP contribution is -2.42. The lowest BCUT2D eigenvalue weighted by molar-refractivity contribution is -0.159. The minimum Gasteiger partial charge on any atom is -0.340 e. The highest BCUT2D eigenvalue weighted by molar-refractivity contribution is 7.90. The minimum absolute atomic E-state index is 0.312. The fourth-order valence-corrected chi connectivity index (χ4v) is 4.86. The summed E-state index contributed by atoms with van der Waals surface area (Å²) in [7, 11) is -4.10. The molecule has 2 aromatic rings. The molecule has 1 aromatic carbocycles. The molecule has 15 heteroatoms. The average Bonchev–Trinajstić information content (AvgIpc) is 3.57. The zero-order valence-corrected chi connectivity index (χ0v) is 20.6. The number of carbonyl (C=O) groups excluding carboxylic acids is 1. The maximum Gasteiger partial charge on any atom is 0.433 e. The van der Waals surface area contributed by atoms with E-state index in [-0.39, 0.29) is 11.3 Å². The number of alkyl halides is 6. The topological polar surface area (TPSA) is 112 Å². The van der Waals surface area contributed by atoms with Crippen LogP contribution in [0.2, 0.25) is 0 Å². The number of carbonyl (C=O) groups is 1. The van der Waals surface area contributed by atoms with Crippen LogP contribution in [0.25, 0.3) is 0 Å². The van der Waals surface area contributed by atoms with Crippen LogP contribution in [0, 0.1) is 17.1 Å². The van der Waals surface area contributed by atoms with Crippen molar-refractivity contribution in [2.45, 2.75) is 55.5 Å². The highest BCUT2D eigenvalue weighted by Gasteiger charge is 2.43. The molecule has 0 aliphatic heterocycles. The third-order valence-electron chi connectivity index (χ3n) is 5.25. The van der Waals surface area contributed by atoms with Crippen molar-refractivity contribution in [2.24, 2.45) is 0 Å². The number of pyridine rings is 1. The van der Waals surface area contributed by atoms with Crippen LogP contribution < -0.4 is 10.6 Å². The molecule has 0 bridgehead atoms. The number of nitriles is 1. The first-order valence-electron chi connectivity index (χ1n) is 10.9. The highest BCUT2D eigenvalue weighted by Crippen LogP contribution is 2.34. The summed E-state index contributed by atoms with van der Waals surface area (Å²) in [6, 6.07) is 4.84. The number of halogens is 7. The molecule has 208 valence electrons. The number of aromatic nitrogens is 1. The number of hydrogen-bond acceptors (Lipinski definition) is 6. The average molecular weight is 569 g/mol. The third kappa shape index (κ3) is 9.56. The number of sulfone groups is 1. The normalized spacial score (nSPS) is 16.3. The lowest BCUT2D eigenvalue weighted by atomic mass is 10.1. The Hall–Kier alpha value is -3.25. The second-order valence-corrected chi connectivity index (χ2v) is 10.7. The van der Waals surface area contributed by atoms with E-state index >= 15 is 0 Å². The SMILES string of the molecule is CC(CS(=O)(=O)Cc1cccc(C(F)(F)F)n1)NC(c1ccc(F)cc1)C(F)(F)F.N#CC1(NC=O)CC1. The van der Waals surface area contributed by atoms with E-state index in [4.69, 9.17) is 5.26 Å². The Morgan fingerprint density at radius 1 is 1.11 bits per heavy atom. The Labute approximate surface area is 214 Å². The van der Waals surface area contributed by atoms with Gasteiger partial charge in [0.25, 0.3) is 0 Å². The van der Waals surface area contributed by atoms with Crippen LogP contribution >= 0.6 is 0 Å². The first kappa shape index (κ1) is 31.0. The van der Waals surface area contributed by atoms with Gasteiger partial charge in [-0.25, -0.2) is 17.8 Å². The van der Waals surface area contributed by atoms with Crippen molar-refractivity contribution in [3.63, 3.8) is 0 Å². The molecule has 2 N–H and O–H groups in total. The van der Waals surface area contributed by atoms with Gasteiger partial charge >= 0.3 is 12.4 Å². The fourth-order valence-electron chi connectivity index (χ4n) is 3.28. The largest absolute Gasteiger partial charge is 0.433 e. The predicted molar refractivity (Wildman–Crippen MR) is 121 cm³/mol. The molecule has 2 atom stereocenters. The van der Waals surface area contributed by atoms with E-state index in [2.05, 4.69) is 15.6 Å². The summed E-state index contributed by atoms with van der Waals surface area (Å²) in [5.41, 5.74) is -2.42. The monoisotopic (exact) mass is 568 g/mol. The lowest BCUT2D eigenvalue weighted by Gasteiger charge is -2.26. The maximum absolute atomic E-state index is 13.4. The van der Waals surface area contributed by atoms with Crippen LogP contribution in [0.15, 0.2) is 42.5 Å². The smallest absolute Gasteiger partial charge is 0.340 e. The van der Waals surface area contributed by atoms with Crippen molar-refractivity contribution in [3.8, 4) is 6.07 Å². The van der Waals surface area contributed by atoms with Gasteiger partial charge in [0, 0.05) is 6.04 Å². The van der Waals surface area contributed by atoms with Crippen molar-refractivity contribution >= 4 is 16.2 Å². The molecular weight excluding hydrogens is 545 g/mol. The Bertz CT molecular complexity index is 1240. The number of benzene rings is 1. The van der Waals surface area contributed by atoms with Crippen molar-refractivity contribution in [1.82, 2.24) is 15.6 Å². The van der Waals surface area contributed by atoms with E-state index in [9.17, 15) is 43.9 Å². The van der Waals surface area contributed by atoms with Crippen LogP contribution in [0.4, 0.5) is 30.7 Å². The van der Waals surface area contributed by atoms with Crippen molar-refractivity contribution < 1.29 is 43.9 Å². The zero-order valence-electron chi connectivity index (χ0n) is 19.8. The molecule has 1 fully saturated rings. The molecule has 38 heavy (non-hydrogen) atoms. The summed E-state index contributed by atoms with van der Waals surface area (Å²) in [4.78, 5) is 13.0. The molecule has 3 rings (SSSR count). The quantitative estimate of drug-likeness (QED) is 0.346. The summed E-state index contributed by atoms with van der Waals surface area (Å²) in [6.45, 7) is 1.19. The first-order valence-corrected chi connectivity index (χ1v) is 12.8. The minimum atomic E-state index is -4.79. The van der Waals surface area contributed by atoms with Gasteiger partial charge in [-0.15, -0.1) is 0 Å². The van der Waals surface area contributed by atoms with Gasteiger partial charge in [-0.2, -0.15) is 31.6 Å². The van der Waals surface area contributed by atoms with Crippen LogP contribution in [-0.2, 0) is 26.6 Å². The fraction of sp³-hybridized carbons (Fsp3) is 0.435. The van der Waals surface area contributed by atoms with Gasteiger partial charge in [-0.05, 0) is 49.6 Å². The first-order chi connectivity index (χ1) is 17.5. The Morgan fingerprint density at radius 3 is 2.16 bits per heavy atom. The van der Waals surface area contributed by atoms with Crippen LogP contribution in [0.1, 0.15) is 42.8 Å². The maximum atomic E-state index is 13.4. The van der Waals surface area contributed by atoms with Gasteiger partial charge in [-0.3, -0.25) is 10.1 Å². The summed E-state index contributed by atoms with van der Waals surface area (Å²) in [5.74, 6) is -2.38. The second kappa shape index (κ2) is 12.1. The molecule has 0 spiro atoms. The van der Waals surface area contributed by atoms with Gasteiger partial charge in [0.1, 0.15) is 23.1 Å². The Balaban J connectivity index is 0.000000538. The molecule has 0 saturated heterocycles. The molecule has 2 unspecified atom stereocenters. The van der Waals surface area contributed by atoms with Gasteiger partial charge in [0.2, 0.25) is 6.41 Å². The number of rotatable bonds is 9. The molecule has 7 nitrogen and oxygen atoms in total. The van der Waals surface area contributed by atoms with E-state index in [1.165, 1.54) is 6.92 Å². The van der Waals surface area contributed by atoms with Crippen LogP contribution in [0.5, 0.6) is 0 Å². The summed E-state index contributed by atoms with van der Waals surface area (Å²) < 4.78 is 116. The van der Waals surface area contributed by atoms with E-state index in [0.717, 1.165) is 49.2 Å². The number of amides is 1. The number of nitrogens with zero attached hydrogens (tertiary/aromatic N) is 2. The molecular formula is C23H23F7N4O3S. The second-order valence-electron chi connectivity index (χ2n) is 8.62. The van der Waals surface area contributed by atoms with E-state index in [1.807, 2.05) is 6.07 Å². The van der Waals surface area contributed by atoms with Crippen molar-refractivity contribution in [3.05, 3.63) is 65.2 Å². The summed E-state index contributed by atoms with van der Waals surface area (Å²) >= 11 is 0. The molecule has 0 radical (unpaired) electrons. The van der Waals surface area contributed by atoms with Crippen molar-refractivity contribution in [2.75, 3.05) is 5.75 Å². The third-order valence-corrected chi connectivity index (χ3v) is 6.99. The molecule has 1 aliphatic carbocycles. The van der Waals surface area contributed by atoms with Crippen LogP contribution in [-0.4, -0.2) is 43.3 Å². The van der Waals surface area contributed by atoms with Gasteiger partial charge < -0.3 is 5.32 Å². The Kier molecular flexibility index (Phi) is 9.84. The molecule has 1 heterocycles. The zero-order chi connectivity index (χ0) is 28.8. The molecule has 1 aliphatic rings. The van der Waals surface area contributed by atoms with E-state index in [1.54, 1.807) is 0 Å². The van der Waals surface area contributed by atoms with Crippen molar-refractivity contribution in [1.29, 1.82) is 5.26 Å². The summed E-state index contributed by atoms with van der Waals surface area (Å²) in [5, 5.41) is 12.9.